The van der Waals surface area contributed by atoms with Crippen LogP contribution >= 0.6 is 11.3 Å². The van der Waals surface area contributed by atoms with Crippen LogP contribution in [0, 0.1) is 0 Å². The van der Waals surface area contributed by atoms with Gasteiger partial charge in [0, 0.05) is 24.3 Å². The second-order valence-electron chi connectivity index (χ2n) is 4.78. The molecule has 0 atom stereocenters. The van der Waals surface area contributed by atoms with Gasteiger partial charge in [-0.05, 0) is 12.5 Å². The molecule has 2 aliphatic rings. The maximum Gasteiger partial charge on any atom is 0.271 e. The number of amides is 1. The second-order valence-corrected chi connectivity index (χ2v) is 5.76. The predicted molar refractivity (Wildman–Crippen MR) is 76.4 cm³/mol. The average molecular weight is 285 g/mol. The van der Waals surface area contributed by atoms with E-state index >= 15 is 0 Å². The Labute approximate surface area is 117 Å². The molecule has 0 saturated heterocycles. The number of hydrogen-bond acceptors (Lipinski definition) is 4. The van der Waals surface area contributed by atoms with E-state index in [-0.39, 0.29) is 11.5 Å². The van der Waals surface area contributed by atoms with E-state index in [0.717, 1.165) is 29.0 Å². The van der Waals surface area contributed by atoms with Gasteiger partial charge in [-0.15, -0.1) is 0 Å². The summed E-state index contributed by atoms with van der Waals surface area (Å²) < 4.78 is 2.16. The molecule has 1 amide bonds. The molecule has 0 radical (unpaired) electrons. The van der Waals surface area contributed by atoms with E-state index in [0.29, 0.717) is 16.7 Å². The molecule has 100 valence electrons. The van der Waals surface area contributed by atoms with Crippen LogP contribution in [0.1, 0.15) is 12.0 Å². The SMILES string of the molecule is O=C1Nc2ccccc2/C1=c1/sc2n(c1=O)CCCN=2. The van der Waals surface area contributed by atoms with Crippen LogP contribution in [0.25, 0.3) is 5.57 Å². The zero-order valence-electron chi connectivity index (χ0n) is 10.5. The van der Waals surface area contributed by atoms with E-state index in [9.17, 15) is 9.59 Å². The highest BCUT2D eigenvalue weighted by Crippen LogP contribution is 2.29. The molecule has 0 saturated carbocycles. The molecular weight excluding hydrogens is 274 g/mol. The molecule has 1 aromatic carbocycles. The van der Waals surface area contributed by atoms with Crippen molar-refractivity contribution in [3.05, 3.63) is 49.5 Å². The summed E-state index contributed by atoms with van der Waals surface area (Å²) in [6.07, 6.45) is 0.876. The van der Waals surface area contributed by atoms with Crippen LogP contribution in [0.2, 0.25) is 0 Å². The molecule has 4 rings (SSSR count). The van der Waals surface area contributed by atoms with Gasteiger partial charge in [-0.2, -0.15) is 0 Å². The monoisotopic (exact) mass is 285 g/mol. The van der Waals surface area contributed by atoms with Gasteiger partial charge in [-0.25, -0.2) is 0 Å². The fourth-order valence-corrected chi connectivity index (χ4v) is 3.74. The van der Waals surface area contributed by atoms with Crippen LogP contribution in [0.15, 0.2) is 34.1 Å². The lowest BCUT2D eigenvalue weighted by Crippen LogP contribution is -2.35. The smallest absolute Gasteiger partial charge is 0.271 e. The third kappa shape index (κ3) is 1.51. The van der Waals surface area contributed by atoms with Gasteiger partial charge in [0.15, 0.2) is 4.80 Å². The highest BCUT2D eigenvalue weighted by molar-refractivity contribution is 7.07. The first-order valence-corrected chi connectivity index (χ1v) is 7.26. The van der Waals surface area contributed by atoms with Crippen LogP contribution in [0.5, 0.6) is 0 Å². The molecule has 0 spiro atoms. The standard InChI is InChI=1S/C14H11N3O2S/c18-12-10(8-4-1-2-5-9(8)16-12)11-13(19)17-7-3-6-15-14(17)20-11/h1-2,4-5H,3,6-7H2,(H,16,18)/b11-10-. The Bertz CT molecular complexity index is 907. The first kappa shape index (κ1) is 11.6. The summed E-state index contributed by atoms with van der Waals surface area (Å²) in [7, 11) is 0. The number of thiazole rings is 1. The van der Waals surface area contributed by atoms with Crippen molar-refractivity contribution in [2.75, 3.05) is 11.9 Å². The Morgan fingerprint density at radius 3 is 2.95 bits per heavy atom. The van der Waals surface area contributed by atoms with Crippen molar-refractivity contribution < 1.29 is 4.79 Å². The van der Waals surface area contributed by atoms with Gasteiger partial charge in [0.2, 0.25) is 0 Å². The van der Waals surface area contributed by atoms with E-state index in [1.165, 1.54) is 11.3 Å². The van der Waals surface area contributed by atoms with Crippen molar-refractivity contribution in [2.24, 2.45) is 4.99 Å². The minimum absolute atomic E-state index is 0.102. The lowest BCUT2D eigenvalue weighted by Gasteiger charge is -2.03. The largest absolute Gasteiger partial charge is 0.321 e. The average Bonchev–Trinajstić information content (AvgIpc) is 2.96. The Morgan fingerprint density at radius 2 is 2.10 bits per heavy atom. The number of carbonyl (C=O) groups excluding carboxylic acids is 1. The topological polar surface area (TPSA) is 63.5 Å². The Morgan fingerprint density at radius 1 is 1.25 bits per heavy atom. The summed E-state index contributed by atoms with van der Waals surface area (Å²) in [5, 5.41) is 2.81. The quantitative estimate of drug-likeness (QED) is 0.745. The minimum atomic E-state index is -0.206. The van der Waals surface area contributed by atoms with Crippen molar-refractivity contribution in [2.45, 2.75) is 13.0 Å². The number of nitrogens with one attached hydrogen (secondary N) is 1. The van der Waals surface area contributed by atoms with Crippen molar-refractivity contribution in [1.29, 1.82) is 0 Å². The van der Waals surface area contributed by atoms with Crippen LogP contribution in [0.3, 0.4) is 0 Å². The highest BCUT2D eigenvalue weighted by atomic mass is 32.1. The number of anilines is 1. The molecule has 6 heteroatoms. The van der Waals surface area contributed by atoms with Crippen molar-refractivity contribution in [3.8, 4) is 0 Å². The summed E-state index contributed by atoms with van der Waals surface area (Å²) in [5.41, 5.74) is 1.94. The number of aromatic nitrogens is 1. The van der Waals surface area contributed by atoms with Crippen LogP contribution in [-0.2, 0) is 11.3 Å². The van der Waals surface area contributed by atoms with E-state index in [4.69, 9.17) is 0 Å². The summed E-state index contributed by atoms with van der Waals surface area (Å²) in [4.78, 5) is 29.7. The number of para-hydroxylation sites is 1. The summed E-state index contributed by atoms with van der Waals surface area (Å²) >= 11 is 1.31. The number of hydrogen-bond donors (Lipinski definition) is 1. The highest BCUT2D eigenvalue weighted by Gasteiger charge is 2.26. The summed E-state index contributed by atoms with van der Waals surface area (Å²) in [5.74, 6) is -0.206. The first-order valence-electron chi connectivity index (χ1n) is 6.45. The lowest BCUT2D eigenvalue weighted by atomic mass is 10.1. The van der Waals surface area contributed by atoms with Gasteiger partial charge < -0.3 is 5.32 Å². The summed E-state index contributed by atoms with van der Waals surface area (Å²) in [6, 6.07) is 7.44. The molecule has 5 nitrogen and oxygen atoms in total. The Balaban J connectivity index is 2.13. The maximum atomic E-state index is 12.5. The van der Waals surface area contributed by atoms with E-state index in [2.05, 4.69) is 10.3 Å². The maximum absolute atomic E-state index is 12.5. The van der Waals surface area contributed by atoms with Gasteiger partial charge >= 0.3 is 0 Å². The molecule has 2 aliphatic heterocycles. The molecule has 1 N–H and O–H groups in total. The fraction of sp³-hybridized carbons (Fsp3) is 0.214. The molecule has 3 heterocycles. The van der Waals surface area contributed by atoms with Gasteiger partial charge in [0.05, 0.1) is 5.57 Å². The third-order valence-electron chi connectivity index (χ3n) is 3.55. The van der Waals surface area contributed by atoms with Crippen LogP contribution < -0.4 is 20.2 Å². The van der Waals surface area contributed by atoms with Crippen molar-refractivity contribution in [3.63, 3.8) is 0 Å². The number of nitrogens with zero attached hydrogens (tertiary/aromatic N) is 2. The number of benzene rings is 1. The molecule has 0 fully saturated rings. The molecule has 2 aromatic rings. The Kier molecular flexibility index (Phi) is 2.40. The van der Waals surface area contributed by atoms with Crippen LogP contribution in [0.4, 0.5) is 5.69 Å². The molecule has 20 heavy (non-hydrogen) atoms. The zero-order chi connectivity index (χ0) is 13.7. The molecule has 0 aliphatic carbocycles. The third-order valence-corrected chi connectivity index (χ3v) is 4.66. The molecule has 1 aromatic heterocycles. The van der Waals surface area contributed by atoms with Crippen molar-refractivity contribution in [1.82, 2.24) is 4.57 Å². The second kappa shape index (κ2) is 4.14. The molecular formula is C14H11N3O2S. The molecule has 0 unspecified atom stereocenters. The van der Waals surface area contributed by atoms with Gasteiger partial charge in [-0.1, -0.05) is 29.5 Å². The lowest BCUT2D eigenvalue weighted by molar-refractivity contribution is -0.110. The van der Waals surface area contributed by atoms with Gasteiger partial charge in [-0.3, -0.25) is 19.1 Å². The van der Waals surface area contributed by atoms with Gasteiger partial charge in [0.25, 0.3) is 11.5 Å². The Hall–Kier alpha value is -2.21. The number of fused-ring (bicyclic) bond motifs is 2. The van der Waals surface area contributed by atoms with Gasteiger partial charge in [0.1, 0.15) is 4.53 Å². The van der Waals surface area contributed by atoms with E-state index < -0.39 is 0 Å². The first-order chi connectivity index (χ1) is 9.75. The number of rotatable bonds is 0. The predicted octanol–water partition coefficient (Wildman–Crippen LogP) is 0.0842. The molecule has 0 bridgehead atoms. The summed E-state index contributed by atoms with van der Waals surface area (Å²) in [6.45, 7) is 1.43. The van der Waals surface area contributed by atoms with Crippen LogP contribution in [-0.4, -0.2) is 17.0 Å². The fourth-order valence-electron chi connectivity index (χ4n) is 2.62. The van der Waals surface area contributed by atoms with Crippen molar-refractivity contribution >= 4 is 28.5 Å². The van der Waals surface area contributed by atoms with E-state index in [1.54, 1.807) is 4.57 Å². The van der Waals surface area contributed by atoms with E-state index in [1.807, 2.05) is 24.3 Å². The number of carbonyl (C=O) groups is 1. The normalized spacial score (nSPS) is 19.1. The minimum Gasteiger partial charge on any atom is -0.321 e. The zero-order valence-corrected chi connectivity index (χ0v) is 11.4.